The lowest BCUT2D eigenvalue weighted by atomic mass is 10.1. The zero-order chi connectivity index (χ0) is 12.2. The summed E-state index contributed by atoms with van der Waals surface area (Å²) in [5.41, 5.74) is 6.21. The highest BCUT2D eigenvalue weighted by Gasteiger charge is 2.13. The zero-order valence-electron chi connectivity index (χ0n) is 9.69. The molecule has 0 aliphatic rings. The molecule has 0 saturated carbocycles. The predicted molar refractivity (Wildman–Crippen MR) is 61.2 cm³/mol. The van der Waals surface area contributed by atoms with Crippen molar-refractivity contribution in [3.05, 3.63) is 35.4 Å². The Morgan fingerprint density at radius 1 is 1.25 bits per heavy atom. The fraction of sp³-hybridized carbons (Fsp3) is 0.500. The van der Waals surface area contributed by atoms with Crippen LogP contribution in [0.25, 0.3) is 0 Å². The minimum absolute atomic E-state index is 0.126. The number of rotatable bonds is 5. The van der Waals surface area contributed by atoms with Crippen molar-refractivity contribution in [1.82, 2.24) is 5.32 Å². The molecule has 3 N–H and O–H groups in total. The molecule has 0 spiro atoms. The quantitative estimate of drug-likeness (QED) is 0.807. The smallest absolute Gasteiger partial charge is 0.159 e. The van der Waals surface area contributed by atoms with Gasteiger partial charge in [0.15, 0.2) is 11.6 Å². The van der Waals surface area contributed by atoms with Crippen LogP contribution in [0, 0.1) is 11.6 Å². The first-order chi connectivity index (χ1) is 7.44. The van der Waals surface area contributed by atoms with Crippen molar-refractivity contribution in [3.8, 4) is 0 Å². The van der Waals surface area contributed by atoms with Gasteiger partial charge in [-0.3, -0.25) is 0 Å². The molecule has 0 aromatic heterocycles. The molecule has 0 aliphatic heterocycles. The third-order valence-electron chi connectivity index (χ3n) is 2.51. The molecule has 0 amide bonds. The highest BCUT2D eigenvalue weighted by Crippen LogP contribution is 2.09. The molecule has 1 aromatic rings. The molecule has 0 bridgehead atoms. The van der Waals surface area contributed by atoms with Gasteiger partial charge < -0.3 is 11.1 Å². The second-order valence-electron chi connectivity index (χ2n) is 4.51. The monoisotopic (exact) mass is 228 g/mol. The maximum atomic E-state index is 12.9. The van der Waals surface area contributed by atoms with Crippen LogP contribution in [0.15, 0.2) is 18.2 Å². The molecule has 1 aromatic carbocycles. The lowest BCUT2D eigenvalue weighted by molar-refractivity contribution is 0.401. The topological polar surface area (TPSA) is 38.0 Å². The van der Waals surface area contributed by atoms with E-state index in [0.29, 0.717) is 19.5 Å². The van der Waals surface area contributed by atoms with Gasteiger partial charge in [0.25, 0.3) is 0 Å². The number of hydrogen-bond acceptors (Lipinski definition) is 2. The van der Waals surface area contributed by atoms with E-state index >= 15 is 0 Å². The summed E-state index contributed by atoms with van der Waals surface area (Å²) in [6, 6.07) is 3.97. The summed E-state index contributed by atoms with van der Waals surface area (Å²) in [6.07, 6.45) is 0.653. The maximum Gasteiger partial charge on any atom is 0.159 e. The van der Waals surface area contributed by atoms with Crippen LogP contribution in [-0.2, 0) is 6.42 Å². The molecular formula is C12H18F2N2. The molecule has 90 valence electrons. The summed E-state index contributed by atoms with van der Waals surface area (Å²) in [6.45, 7) is 5.22. The van der Waals surface area contributed by atoms with Gasteiger partial charge in [0.1, 0.15) is 0 Å². The number of halogens is 2. The van der Waals surface area contributed by atoms with Gasteiger partial charge in [-0.15, -0.1) is 0 Å². The molecule has 2 nitrogen and oxygen atoms in total. The maximum absolute atomic E-state index is 12.9. The molecule has 0 fully saturated rings. The summed E-state index contributed by atoms with van der Waals surface area (Å²) in [4.78, 5) is 0. The van der Waals surface area contributed by atoms with Gasteiger partial charge in [-0.05, 0) is 44.5 Å². The summed E-state index contributed by atoms with van der Waals surface area (Å²) in [7, 11) is 0. The highest BCUT2D eigenvalue weighted by molar-refractivity contribution is 5.18. The van der Waals surface area contributed by atoms with Gasteiger partial charge in [0.05, 0.1) is 0 Å². The van der Waals surface area contributed by atoms with Crippen molar-refractivity contribution >= 4 is 0 Å². The fourth-order valence-electron chi connectivity index (χ4n) is 1.31. The second kappa shape index (κ2) is 5.37. The first kappa shape index (κ1) is 13.1. The summed E-state index contributed by atoms with van der Waals surface area (Å²) in [5.74, 6) is -1.60. The van der Waals surface area contributed by atoms with Crippen molar-refractivity contribution in [2.24, 2.45) is 5.73 Å². The van der Waals surface area contributed by atoms with Gasteiger partial charge in [-0.2, -0.15) is 0 Å². The van der Waals surface area contributed by atoms with Crippen LogP contribution in [-0.4, -0.2) is 18.6 Å². The van der Waals surface area contributed by atoms with E-state index in [2.05, 4.69) is 5.32 Å². The predicted octanol–water partition coefficient (Wildman–Crippen LogP) is 1.83. The Morgan fingerprint density at radius 3 is 2.50 bits per heavy atom. The molecule has 0 radical (unpaired) electrons. The Bertz CT molecular complexity index is 351. The number of nitrogens with one attached hydrogen (secondary N) is 1. The van der Waals surface area contributed by atoms with Crippen molar-refractivity contribution in [1.29, 1.82) is 0 Å². The zero-order valence-corrected chi connectivity index (χ0v) is 9.69. The fourth-order valence-corrected chi connectivity index (χ4v) is 1.31. The second-order valence-corrected chi connectivity index (χ2v) is 4.51. The van der Waals surface area contributed by atoms with E-state index in [1.54, 1.807) is 6.07 Å². The summed E-state index contributed by atoms with van der Waals surface area (Å²) in [5, 5.41) is 3.25. The minimum atomic E-state index is -0.806. The van der Waals surface area contributed by atoms with Crippen LogP contribution in [0.2, 0.25) is 0 Å². The first-order valence-corrected chi connectivity index (χ1v) is 5.33. The van der Waals surface area contributed by atoms with E-state index in [1.165, 1.54) is 6.07 Å². The van der Waals surface area contributed by atoms with E-state index in [4.69, 9.17) is 5.73 Å². The van der Waals surface area contributed by atoms with Crippen LogP contribution in [0.4, 0.5) is 8.78 Å². The van der Waals surface area contributed by atoms with Gasteiger partial charge in [-0.1, -0.05) is 6.07 Å². The molecule has 4 heteroatoms. The molecule has 0 saturated heterocycles. The first-order valence-electron chi connectivity index (χ1n) is 5.33. The number of hydrogen-bond donors (Lipinski definition) is 2. The van der Waals surface area contributed by atoms with Crippen LogP contribution in [0.5, 0.6) is 0 Å². The lowest BCUT2D eigenvalue weighted by Gasteiger charge is -2.24. The molecule has 16 heavy (non-hydrogen) atoms. The van der Waals surface area contributed by atoms with Crippen LogP contribution < -0.4 is 11.1 Å². The van der Waals surface area contributed by atoms with Gasteiger partial charge in [0.2, 0.25) is 0 Å². The summed E-state index contributed by atoms with van der Waals surface area (Å²) < 4.78 is 25.5. The highest BCUT2D eigenvalue weighted by atomic mass is 19.2. The average molecular weight is 228 g/mol. The molecule has 0 atom stereocenters. The van der Waals surface area contributed by atoms with Crippen molar-refractivity contribution in [3.63, 3.8) is 0 Å². The molecule has 0 heterocycles. The van der Waals surface area contributed by atoms with Crippen molar-refractivity contribution < 1.29 is 8.78 Å². The van der Waals surface area contributed by atoms with Gasteiger partial charge in [-0.25, -0.2) is 8.78 Å². The molecule has 1 rings (SSSR count). The van der Waals surface area contributed by atoms with E-state index in [-0.39, 0.29) is 5.54 Å². The average Bonchev–Trinajstić information content (AvgIpc) is 2.23. The Balaban J connectivity index is 2.46. The minimum Gasteiger partial charge on any atom is -0.329 e. The van der Waals surface area contributed by atoms with E-state index in [1.807, 2.05) is 13.8 Å². The number of benzene rings is 1. The Morgan fingerprint density at radius 2 is 1.94 bits per heavy atom. The number of nitrogens with two attached hydrogens (primary N) is 1. The SMILES string of the molecule is CC(C)(CN)NCCc1ccc(F)c(F)c1. The van der Waals surface area contributed by atoms with E-state index < -0.39 is 11.6 Å². The third kappa shape index (κ3) is 3.87. The van der Waals surface area contributed by atoms with Crippen LogP contribution >= 0.6 is 0 Å². The van der Waals surface area contributed by atoms with Gasteiger partial charge in [0, 0.05) is 12.1 Å². The van der Waals surface area contributed by atoms with E-state index in [0.717, 1.165) is 11.6 Å². The normalized spacial score (nSPS) is 11.8. The third-order valence-corrected chi connectivity index (χ3v) is 2.51. The molecule has 0 aliphatic carbocycles. The van der Waals surface area contributed by atoms with Gasteiger partial charge >= 0.3 is 0 Å². The molecular weight excluding hydrogens is 210 g/mol. The standard InChI is InChI=1S/C12H18F2N2/c1-12(2,8-15)16-6-5-9-3-4-10(13)11(14)7-9/h3-4,7,16H,5-6,8,15H2,1-2H3. The van der Waals surface area contributed by atoms with Crippen molar-refractivity contribution in [2.45, 2.75) is 25.8 Å². The largest absolute Gasteiger partial charge is 0.329 e. The van der Waals surface area contributed by atoms with Crippen LogP contribution in [0.1, 0.15) is 19.4 Å². The Labute approximate surface area is 94.8 Å². The summed E-state index contributed by atoms with van der Waals surface area (Å²) >= 11 is 0. The van der Waals surface area contributed by atoms with E-state index in [9.17, 15) is 8.78 Å². The van der Waals surface area contributed by atoms with Crippen LogP contribution in [0.3, 0.4) is 0 Å². The Hall–Kier alpha value is -1.00. The Kier molecular flexibility index (Phi) is 4.38. The lowest BCUT2D eigenvalue weighted by Crippen LogP contribution is -2.46. The molecule has 0 unspecified atom stereocenters. The van der Waals surface area contributed by atoms with Crippen molar-refractivity contribution in [2.75, 3.05) is 13.1 Å².